The van der Waals surface area contributed by atoms with Gasteiger partial charge in [-0.05, 0) is 12.1 Å². The zero-order chi connectivity index (χ0) is 16.9. The van der Waals surface area contributed by atoms with Gasteiger partial charge in [0.1, 0.15) is 5.75 Å². The summed E-state index contributed by atoms with van der Waals surface area (Å²) in [7, 11) is 1.62. The van der Waals surface area contributed by atoms with E-state index in [9.17, 15) is 4.79 Å². The molecule has 2 aliphatic heterocycles. The van der Waals surface area contributed by atoms with E-state index in [1.165, 1.54) is 0 Å². The number of hydrogen-bond acceptors (Lipinski definition) is 6. The summed E-state index contributed by atoms with van der Waals surface area (Å²) >= 11 is 0. The number of rotatable bonds is 4. The molecule has 0 saturated carbocycles. The minimum absolute atomic E-state index is 0.214. The van der Waals surface area contributed by atoms with Crippen molar-refractivity contribution in [1.82, 2.24) is 9.80 Å². The van der Waals surface area contributed by atoms with Crippen LogP contribution in [0.5, 0.6) is 5.75 Å². The van der Waals surface area contributed by atoms with Gasteiger partial charge in [-0.2, -0.15) is 0 Å². The predicted octanol–water partition coefficient (Wildman–Crippen LogP) is 0.258. The Bertz CT molecular complexity index is 567. The highest BCUT2D eigenvalue weighted by molar-refractivity contribution is 5.78. The average molecular weight is 334 g/mol. The lowest BCUT2D eigenvalue weighted by Gasteiger charge is -2.37. The monoisotopic (exact) mass is 334 g/mol. The molecule has 24 heavy (non-hydrogen) atoms. The molecule has 2 aliphatic rings. The Kier molecular flexibility index (Phi) is 5.42. The van der Waals surface area contributed by atoms with E-state index in [-0.39, 0.29) is 5.91 Å². The van der Waals surface area contributed by atoms with Crippen LogP contribution in [0, 0.1) is 0 Å². The summed E-state index contributed by atoms with van der Waals surface area (Å²) in [5.74, 6) is 0.907. The van der Waals surface area contributed by atoms with Gasteiger partial charge >= 0.3 is 0 Å². The average Bonchev–Trinajstić information content (AvgIpc) is 2.63. The van der Waals surface area contributed by atoms with Crippen LogP contribution >= 0.6 is 0 Å². The standard InChI is InChI=1S/C17H26N4O3/c1-23-16-12-14(2-3-15(16)18)20-4-6-21(7-5-20)17(22)13-19-8-10-24-11-9-19/h2-3,12H,4-11,13,18H2,1H3. The van der Waals surface area contributed by atoms with Gasteiger partial charge in [0.2, 0.25) is 5.91 Å². The number of piperazine rings is 1. The fourth-order valence-corrected chi connectivity index (χ4v) is 3.16. The first-order valence-corrected chi connectivity index (χ1v) is 8.43. The van der Waals surface area contributed by atoms with Gasteiger partial charge in [-0.1, -0.05) is 0 Å². The Hall–Kier alpha value is -1.99. The van der Waals surface area contributed by atoms with Gasteiger partial charge in [-0.25, -0.2) is 0 Å². The maximum atomic E-state index is 12.4. The summed E-state index contributed by atoms with van der Waals surface area (Å²) in [6.45, 7) is 6.77. The molecule has 1 aromatic carbocycles. The third kappa shape index (κ3) is 3.91. The third-order valence-corrected chi connectivity index (χ3v) is 4.68. The molecule has 2 heterocycles. The van der Waals surface area contributed by atoms with Crippen molar-refractivity contribution < 1.29 is 14.3 Å². The number of nitrogen functional groups attached to an aromatic ring is 1. The Balaban J connectivity index is 1.52. The Labute approximate surface area is 142 Å². The lowest BCUT2D eigenvalue weighted by Crippen LogP contribution is -2.52. The molecule has 0 radical (unpaired) electrons. The predicted molar refractivity (Wildman–Crippen MR) is 93.5 cm³/mol. The lowest BCUT2D eigenvalue weighted by atomic mass is 10.2. The van der Waals surface area contributed by atoms with Crippen molar-refractivity contribution >= 4 is 17.3 Å². The van der Waals surface area contributed by atoms with E-state index in [2.05, 4.69) is 9.80 Å². The first-order chi connectivity index (χ1) is 11.7. The highest BCUT2D eigenvalue weighted by Crippen LogP contribution is 2.28. The van der Waals surface area contributed by atoms with E-state index < -0.39 is 0 Å². The zero-order valence-electron chi connectivity index (χ0n) is 14.2. The molecular weight excluding hydrogens is 308 g/mol. The molecule has 0 aliphatic carbocycles. The number of amides is 1. The molecule has 2 saturated heterocycles. The second-order valence-corrected chi connectivity index (χ2v) is 6.18. The van der Waals surface area contributed by atoms with E-state index >= 15 is 0 Å². The molecule has 7 heteroatoms. The van der Waals surface area contributed by atoms with Gasteiger partial charge in [-0.3, -0.25) is 9.69 Å². The summed E-state index contributed by atoms with van der Waals surface area (Å²) in [4.78, 5) is 18.8. The summed E-state index contributed by atoms with van der Waals surface area (Å²) in [6, 6.07) is 5.83. The molecule has 0 spiro atoms. The second kappa shape index (κ2) is 7.72. The number of carbonyl (C=O) groups excluding carboxylic acids is 1. The Morgan fingerprint density at radius 2 is 1.88 bits per heavy atom. The van der Waals surface area contributed by atoms with Crippen molar-refractivity contribution in [2.75, 3.05) is 76.8 Å². The van der Waals surface area contributed by atoms with E-state index in [4.69, 9.17) is 15.2 Å². The number of morpholine rings is 1. The van der Waals surface area contributed by atoms with Crippen LogP contribution in [0.2, 0.25) is 0 Å². The maximum absolute atomic E-state index is 12.4. The number of anilines is 2. The molecule has 0 aromatic heterocycles. The third-order valence-electron chi connectivity index (χ3n) is 4.68. The van der Waals surface area contributed by atoms with Crippen LogP contribution in [0.3, 0.4) is 0 Å². The summed E-state index contributed by atoms with van der Waals surface area (Å²) < 4.78 is 10.6. The van der Waals surface area contributed by atoms with Crippen molar-refractivity contribution in [2.45, 2.75) is 0 Å². The molecule has 132 valence electrons. The number of nitrogens with zero attached hydrogens (tertiary/aromatic N) is 3. The largest absolute Gasteiger partial charge is 0.495 e. The fraction of sp³-hybridized carbons (Fsp3) is 0.588. The first-order valence-electron chi connectivity index (χ1n) is 8.43. The summed E-state index contributed by atoms with van der Waals surface area (Å²) in [6.07, 6.45) is 0. The van der Waals surface area contributed by atoms with Crippen LogP contribution in [0.15, 0.2) is 18.2 Å². The molecule has 1 aromatic rings. The smallest absolute Gasteiger partial charge is 0.236 e. The number of carbonyl (C=O) groups is 1. The number of benzene rings is 1. The molecule has 1 amide bonds. The van der Waals surface area contributed by atoms with Crippen LogP contribution in [-0.2, 0) is 9.53 Å². The molecule has 0 atom stereocenters. The number of methoxy groups -OCH3 is 1. The molecule has 2 N–H and O–H groups in total. The second-order valence-electron chi connectivity index (χ2n) is 6.18. The highest BCUT2D eigenvalue weighted by atomic mass is 16.5. The molecule has 3 rings (SSSR count). The van der Waals surface area contributed by atoms with Crippen LogP contribution in [-0.4, -0.2) is 81.8 Å². The van der Waals surface area contributed by atoms with Crippen LogP contribution in [0.4, 0.5) is 11.4 Å². The topological polar surface area (TPSA) is 71.3 Å². The van der Waals surface area contributed by atoms with Crippen LogP contribution in [0.1, 0.15) is 0 Å². The lowest BCUT2D eigenvalue weighted by molar-refractivity contribution is -0.133. The van der Waals surface area contributed by atoms with Crippen molar-refractivity contribution in [3.05, 3.63) is 18.2 Å². The zero-order valence-corrected chi connectivity index (χ0v) is 14.2. The van der Waals surface area contributed by atoms with Gasteiger partial charge in [0.25, 0.3) is 0 Å². The van der Waals surface area contributed by atoms with Crippen LogP contribution < -0.4 is 15.4 Å². The van der Waals surface area contributed by atoms with E-state index in [1.807, 2.05) is 23.1 Å². The number of ether oxygens (including phenoxy) is 2. The minimum Gasteiger partial charge on any atom is -0.495 e. The van der Waals surface area contributed by atoms with Gasteiger partial charge in [0, 0.05) is 51.0 Å². The van der Waals surface area contributed by atoms with Crippen molar-refractivity contribution in [1.29, 1.82) is 0 Å². The Morgan fingerprint density at radius 1 is 1.17 bits per heavy atom. The van der Waals surface area contributed by atoms with Crippen LogP contribution in [0.25, 0.3) is 0 Å². The maximum Gasteiger partial charge on any atom is 0.236 e. The molecule has 2 fully saturated rings. The van der Waals surface area contributed by atoms with Gasteiger partial charge in [0.15, 0.2) is 0 Å². The van der Waals surface area contributed by atoms with Crippen molar-refractivity contribution in [3.8, 4) is 5.75 Å². The molecular formula is C17H26N4O3. The number of nitrogens with two attached hydrogens (primary N) is 1. The van der Waals surface area contributed by atoms with E-state index in [0.29, 0.717) is 18.0 Å². The fourth-order valence-electron chi connectivity index (χ4n) is 3.16. The molecule has 0 bridgehead atoms. The summed E-state index contributed by atoms with van der Waals surface area (Å²) in [5, 5.41) is 0. The Morgan fingerprint density at radius 3 is 2.54 bits per heavy atom. The highest BCUT2D eigenvalue weighted by Gasteiger charge is 2.24. The van der Waals surface area contributed by atoms with Gasteiger partial charge in [0.05, 0.1) is 32.6 Å². The first kappa shape index (κ1) is 16.9. The number of hydrogen-bond donors (Lipinski definition) is 1. The van der Waals surface area contributed by atoms with E-state index in [0.717, 1.165) is 58.2 Å². The minimum atomic E-state index is 0.214. The quantitative estimate of drug-likeness (QED) is 0.797. The molecule has 0 unspecified atom stereocenters. The SMILES string of the molecule is COc1cc(N2CCN(C(=O)CN3CCOCC3)CC2)ccc1N. The van der Waals surface area contributed by atoms with E-state index in [1.54, 1.807) is 7.11 Å². The van der Waals surface area contributed by atoms with Crippen molar-refractivity contribution in [2.24, 2.45) is 0 Å². The summed E-state index contributed by atoms with van der Waals surface area (Å²) in [5.41, 5.74) is 7.59. The van der Waals surface area contributed by atoms with Crippen molar-refractivity contribution in [3.63, 3.8) is 0 Å². The molecule has 7 nitrogen and oxygen atoms in total. The van der Waals surface area contributed by atoms with Gasteiger partial charge in [-0.15, -0.1) is 0 Å². The van der Waals surface area contributed by atoms with Gasteiger partial charge < -0.3 is 25.0 Å². The normalized spacial score (nSPS) is 19.4.